The number of rotatable bonds is 5. The topological polar surface area (TPSA) is 66.3 Å². The summed E-state index contributed by atoms with van der Waals surface area (Å²) >= 11 is 6.09. The third kappa shape index (κ3) is 4.70. The number of pyridine rings is 1. The Labute approximate surface area is 199 Å². The van der Waals surface area contributed by atoms with Gasteiger partial charge in [-0.05, 0) is 88.5 Å². The molecule has 1 atom stereocenters. The number of carbonyl (C=O) groups excluding carboxylic acids is 1. The van der Waals surface area contributed by atoms with Crippen LogP contribution in [0, 0.1) is 5.92 Å². The van der Waals surface area contributed by atoms with Gasteiger partial charge < -0.3 is 15.1 Å². The first-order valence-electron chi connectivity index (χ1n) is 11.9. The van der Waals surface area contributed by atoms with Gasteiger partial charge in [0, 0.05) is 29.7 Å². The molecule has 1 N–H and O–H groups in total. The zero-order valence-corrected chi connectivity index (χ0v) is 19.8. The Morgan fingerprint density at radius 3 is 2.67 bits per heavy atom. The van der Waals surface area contributed by atoms with E-state index in [0.29, 0.717) is 10.9 Å². The highest BCUT2D eigenvalue weighted by Crippen LogP contribution is 2.32. The maximum atomic E-state index is 13.3. The summed E-state index contributed by atoms with van der Waals surface area (Å²) in [6.45, 7) is 3.80. The number of halogens is 1. The number of anilines is 1. The second kappa shape index (κ2) is 9.69. The predicted octanol–water partition coefficient (Wildman–Crippen LogP) is 3.89. The molecule has 4 heterocycles. The summed E-state index contributed by atoms with van der Waals surface area (Å²) in [6, 6.07) is 9.42. The molecule has 2 fully saturated rings. The number of fused-ring (bicyclic) bond motifs is 1. The van der Waals surface area contributed by atoms with E-state index in [4.69, 9.17) is 16.7 Å². The van der Waals surface area contributed by atoms with Gasteiger partial charge in [-0.25, -0.2) is 4.68 Å². The molecular weight excluding hydrogens is 436 g/mol. The number of carbonyl (C=O) groups is 1. The highest BCUT2D eigenvalue weighted by atomic mass is 35.5. The molecule has 1 aromatic carbocycles. The van der Waals surface area contributed by atoms with Gasteiger partial charge in [0.2, 0.25) is 5.91 Å². The molecule has 2 aromatic heterocycles. The molecule has 2 aliphatic heterocycles. The maximum absolute atomic E-state index is 13.3. The lowest BCUT2D eigenvalue weighted by atomic mass is 9.96. The van der Waals surface area contributed by atoms with E-state index in [1.807, 2.05) is 41.2 Å². The second-order valence-electron chi connectivity index (χ2n) is 9.30. The van der Waals surface area contributed by atoms with Crippen molar-refractivity contribution in [2.45, 2.75) is 38.1 Å². The van der Waals surface area contributed by atoms with E-state index in [2.05, 4.69) is 27.1 Å². The fourth-order valence-electron chi connectivity index (χ4n) is 5.02. The summed E-state index contributed by atoms with van der Waals surface area (Å²) in [6.07, 6.45) is 8.87. The van der Waals surface area contributed by atoms with Crippen molar-refractivity contribution < 1.29 is 4.79 Å². The summed E-state index contributed by atoms with van der Waals surface area (Å²) in [5.74, 6) is 1.54. The standard InChI is InChI=1S/C25H31ClN6O/c1-30-14-10-18(11-15-30)16-28-25(33)22-4-2-3-13-31(22)24-21-9-12-27-17-23(21)32(29-24)20-7-5-19(26)6-8-20/h5-9,12,17-18,22H,2-4,10-11,13-16H2,1H3,(H,28,33). The van der Waals surface area contributed by atoms with E-state index >= 15 is 0 Å². The number of likely N-dealkylation sites (tertiary alicyclic amines) is 1. The molecule has 2 saturated heterocycles. The molecule has 0 radical (unpaired) electrons. The van der Waals surface area contributed by atoms with Crippen molar-refractivity contribution >= 4 is 34.2 Å². The highest BCUT2D eigenvalue weighted by Gasteiger charge is 2.32. The van der Waals surface area contributed by atoms with Gasteiger partial charge in [-0.3, -0.25) is 9.78 Å². The first-order valence-corrected chi connectivity index (χ1v) is 12.3. The van der Waals surface area contributed by atoms with Crippen LogP contribution in [0.25, 0.3) is 16.6 Å². The van der Waals surface area contributed by atoms with Crippen LogP contribution in [-0.4, -0.2) is 64.8 Å². The number of hydrogen-bond acceptors (Lipinski definition) is 5. The normalized spacial score (nSPS) is 20.3. The van der Waals surface area contributed by atoms with Crippen LogP contribution in [0.5, 0.6) is 0 Å². The summed E-state index contributed by atoms with van der Waals surface area (Å²) < 4.78 is 1.90. The van der Waals surface area contributed by atoms with Gasteiger partial charge >= 0.3 is 0 Å². The van der Waals surface area contributed by atoms with Crippen molar-refractivity contribution in [2.75, 3.05) is 38.1 Å². The molecule has 8 heteroatoms. The van der Waals surface area contributed by atoms with Crippen molar-refractivity contribution in [3.8, 4) is 5.69 Å². The number of nitrogens with zero attached hydrogens (tertiary/aromatic N) is 5. The lowest BCUT2D eigenvalue weighted by Crippen LogP contribution is -2.51. The molecular formula is C25H31ClN6O. The van der Waals surface area contributed by atoms with Crippen molar-refractivity contribution in [1.82, 2.24) is 25.0 Å². The van der Waals surface area contributed by atoms with Gasteiger partial charge in [0.05, 0.1) is 17.4 Å². The summed E-state index contributed by atoms with van der Waals surface area (Å²) in [7, 11) is 2.16. The zero-order chi connectivity index (χ0) is 22.8. The number of hydrogen-bond donors (Lipinski definition) is 1. The minimum Gasteiger partial charge on any atom is -0.354 e. The molecule has 3 aromatic rings. The van der Waals surface area contributed by atoms with Crippen LogP contribution < -0.4 is 10.2 Å². The summed E-state index contributed by atoms with van der Waals surface area (Å²) in [5.41, 5.74) is 1.84. The molecule has 0 saturated carbocycles. The highest BCUT2D eigenvalue weighted by molar-refractivity contribution is 6.30. The van der Waals surface area contributed by atoms with Crippen molar-refractivity contribution in [2.24, 2.45) is 5.92 Å². The van der Waals surface area contributed by atoms with E-state index in [-0.39, 0.29) is 11.9 Å². The molecule has 1 unspecified atom stereocenters. The Kier molecular flexibility index (Phi) is 6.51. The molecule has 174 valence electrons. The lowest BCUT2D eigenvalue weighted by Gasteiger charge is -2.36. The van der Waals surface area contributed by atoms with Crippen LogP contribution >= 0.6 is 11.6 Å². The average molecular weight is 467 g/mol. The number of piperidine rings is 2. The van der Waals surface area contributed by atoms with Crippen LogP contribution in [-0.2, 0) is 4.79 Å². The van der Waals surface area contributed by atoms with Crippen LogP contribution in [0.4, 0.5) is 5.82 Å². The first-order chi connectivity index (χ1) is 16.1. The Balaban J connectivity index is 1.40. The SMILES string of the molecule is CN1CCC(CNC(=O)C2CCCCN2c2nn(-c3ccc(Cl)cc3)c3cnccc23)CC1. The van der Waals surface area contributed by atoms with E-state index in [1.54, 1.807) is 6.20 Å². The zero-order valence-electron chi connectivity index (χ0n) is 19.1. The van der Waals surface area contributed by atoms with Crippen molar-refractivity contribution in [3.05, 3.63) is 47.7 Å². The van der Waals surface area contributed by atoms with Gasteiger partial charge in [0.1, 0.15) is 6.04 Å². The molecule has 1 amide bonds. The van der Waals surface area contributed by atoms with Crippen LogP contribution in [0.3, 0.4) is 0 Å². The van der Waals surface area contributed by atoms with Crippen LogP contribution in [0.1, 0.15) is 32.1 Å². The molecule has 2 aliphatic rings. The van der Waals surface area contributed by atoms with E-state index in [0.717, 1.165) is 80.7 Å². The Hall–Kier alpha value is -2.64. The van der Waals surface area contributed by atoms with E-state index in [1.165, 1.54) is 0 Å². The van der Waals surface area contributed by atoms with Crippen molar-refractivity contribution in [1.29, 1.82) is 0 Å². The Bertz CT molecular complexity index is 1110. The monoisotopic (exact) mass is 466 g/mol. The third-order valence-corrected chi connectivity index (χ3v) is 7.27. The number of amides is 1. The predicted molar refractivity (Wildman–Crippen MR) is 132 cm³/mol. The number of benzene rings is 1. The maximum Gasteiger partial charge on any atom is 0.242 e. The van der Waals surface area contributed by atoms with Gasteiger partial charge in [-0.1, -0.05) is 11.6 Å². The Morgan fingerprint density at radius 1 is 1.09 bits per heavy atom. The molecule has 7 nitrogen and oxygen atoms in total. The summed E-state index contributed by atoms with van der Waals surface area (Å²) in [4.78, 5) is 22.2. The smallest absolute Gasteiger partial charge is 0.242 e. The fraction of sp³-hybridized carbons (Fsp3) is 0.480. The number of aromatic nitrogens is 3. The quantitative estimate of drug-likeness (QED) is 0.618. The van der Waals surface area contributed by atoms with Crippen LogP contribution in [0.2, 0.25) is 5.02 Å². The van der Waals surface area contributed by atoms with Gasteiger partial charge in [0.25, 0.3) is 0 Å². The summed E-state index contributed by atoms with van der Waals surface area (Å²) in [5, 5.41) is 9.94. The van der Waals surface area contributed by atoms with Gasteiger partial charge in [0.15, 0.2) is 5.82 Å². The van der Waals surface area contributed by atoms with Gasteiger partial charge in [-0.2, -0.15) is 0 Å². The molecule has 33 heavy (non-hydrogen) atoms. The van der Waals surface area contributed by atoms with Crippen LogP contribution in [0.15, 0.2) is 42.7 Å². The Morgan fingerprint density at radius 2 is 1.88 bits per heavy atom. The van der Waals surface area contributed by atoms with E-state index in [9.17, 15) is 4.79 Å². The molecule has 5 rings (SSSR count). The molecule has 0 bridgehead atoms. The van der Waals surface area contributed by atoms with Crippen molar-refractivity contribution in [3.63, 3.8) is 0 Å². The fourth-order valence-corrected chi connectivity index (χ4v) is 5.15. The average Bonchev–Trinajstić information content (AvgIpc) is 3.23. The molecule has 0 spiro atoms. The minimum absolute atomic E-state index is 0.122. The second-order valence-corrected chi connectivity index (χ2v) is 9.74. The van der Waals surface area contributed by atoms with Gasteiger partial charge in [-0.15, -0.1) is 5.10 Å². The molecule has 0 aliphatic carbocycles. The minimum atomic E-state index is -0.199. The lowest BCUT2D eigenvalue weighted by molar-refractivity contribution is -0.123. The first kappa shape index (κ1) is 22.2. The van der Waals surface area contributed by atoms with E-state index < -0.39 is 0 Å². The third-order valence-electron chi connectivity index (χ3n) is 7.02. The largest absolute Gasteiger partial charge is 0.354 e. The number of nitrogens with one attached hydrogen (secondary N) is 1.